The zero-order valence-corrected chi connectivity index (χ0v) is 11.6. The maximum atomic E-state index is 10.9. The van der Waals surface area contributed by atoms with Gasteiger partial charge in [-0.1, -0.05) is 6.07 Å². The molecule has 0 amide bonds. The van der Waals surface area contributed by atoms with Crippen molar-refractivity contribution in [2.24, 2.45) is 5.41 Å². The lowest BCUT2D eigenvalue weighted by atomic mass is 9.90. The molecule has 19 heavy (non-hydrogen) atoms. The first-order valence-electron chi connectivity index (χ1n) is 6.17. The van der Waals surface area contributed by atoms with Crippen LogP contribution in [0.1, 0.15) is 25.8 Å². The highest BCUT2D eigenvalue weighted by molar-refractivity contribution is 5.73. The molecule has 0 radical (unpaired) electrons. The molecule has 1 rings (SSSR count). The first-order valence-corrected chi connectivity index (χ1v) is 6.17. The van der Waals surface area contributed by atoms with Gasteiger partial charge >= 0.3 is 5.97 Å². The lowest BCUT2D eigenvalue weighted by molar-refractivity contribution is -0.147. The second-order valence-electron chi connectivity index (χ2n) is 5.12. The van der Waals surface area contributed by atoms with E-state index in [-0.39, 0.29) is 5.75 Å². The summed E-state index contributed by atoms with van der Waals surface area (Å²) in [6.45, 7) is 4.59. The molecule has 0 aliphatic heterocycles. The molecule has 0 aliphatic carbocycles. The number of rotatable bonds is 7. The van der Waals surface area contributed by atoms with Crippen LogP contribution in [0.5, 0.6) is 11.5 Å². The molecule has 0 atom stereocenters. The molecule has 3 N–H and O–H groups in total. The van der Waals surface area contributed by atoms with Crippen molar-refractivity contribution in [3.05, 3.63) is 23.8 Å². The van der Waals surface area contributed by atoms with E-state index in [4.69, 9.17) is 9.84 Å². The van der Waals surface area contributed by atoms with Crippen LogP contribution in [0.4, 0.5) is 0 Å². The fraction of sp³-hybridized carbons (Fsp3) is 0.500. The number of aromatic hydroxyl groups is 1. The third-order valence-electron chi connectivity index (χ3n) is 3.08. The lowest BCUT2D eigenvalue weighted by Gasteiger charge is -2.19. The smallest absolute Gasteiger partial charge is 0.309 e. The number of phenolic OH excluding ortho intramolecular Hbond substituents is 1. The minimum absolute atomic E-state index is 0.104. The molecule has 1 aromatic carbocycles. The molecule has 0 saturated heterocycles. The van der Waals surface area contributed by atoms with E-state index in [1.54, 1.807) is 26.0 Å². The second-order valence-corrected chi connectivity index (χ2v) is 5.12. The fourth-order valence-electron chi connectivity index (χ4n) is 1.59. The van der Waals surface area contributed by atoms with Crippen molar-refractivity contribution < 1.29 is 19.7 Å². The minimum atomic E-state index is -0.795. The highest BCUT2D eigenvalue weighted by Crippen LogP contribution is 2.26. The second kappa shape index (κ2) is 6.43. The van der Waals surface area contributed by atoms with Crippen molar-refractivity contribution in [1.82, 2.24) is 5.32 Å². The summed E-state index contributed by atoms with van der Waals surface area (Å²) >= 11 is 0. The Morgan fingerprint density at radius 2 is 2.11 bits per heavy atom. The number of aliphatic carboxylic acids is 1. The molecule has 5 heteroatoms. The fourth-order valence-corrected chi connectivity index (χ4v) is 1.59. The summed E-state index contributed by atoms with van der Waals surface area (Å²) in [6, 6.07) is 5.19. The number of ether oxygens (including phenoxy) is 1. The van der Waals surface area contributed by atoms with E-state index < -0.39 is 11.4 Å². The van der Waals surface area contributed by atoms with Gasteiger partial charge in [0.25, 0.3) is 0 Å². The van der Waals surface area contributed by atoms with Crippen molar-refractivity contribution >= 4 is 5.97 Å². The topological polar surface area (TPSA) is 78.8 Å². The Hall–Kier alpha value is -1.75. The van der Waals surface area contributed by atoms with Crippen LogP contribution in [0.25, 0.3) is 0 Å². The molecule has 0 unspecified atom stereocenters. The number of phenols is 1. The summed E-state index contributed by atoms with van der Waals surface area (Å²) in [6.07, 6.45) is 0.546. The molecule has 0 spiro atoms. The van der Waals surface area contributed by atoms with E-state index in [9.17, 15) is 9.90 Å². The summed E-state index contributed by atoms with van der Waals surface area (Å²) in [7, 11) is 1.50. The molecule has 106 valence electrons. The van der Waals surface area contributed by atoms with Gasteiger partial charge in [-0.05, 0) is 44.5 Å². The van der Waals surface area contributed by atoms with Gasteiger partial charge in [0.05, 0.1) is 12.5 Å². The van der Waals surface area contributed by atoms with Gasteiger partial charge in [-0.2, -0.15) is 0 Å². The maximum Gasteiger partial charge on any atom is 0.309 e. The summed E-state index contributed by atoms with van der Waals surface area (Å²) in [4.78, 5) is 10.9. The van der Waals surface area contributed by atoms with Crippen molar-refractivity contribution in [2.45, 2.75) is 26.8 Å². The monoisotopic (exact) mass is 267 g/mol. The molecule has 0 heterocycles. The number of carbonyl (C=O) groups is 1. The SMILES string of the molecule is COc1ccc(CNCCC(C)(C)C(=O)O)cc1O. The first kappa shape index (κ1) is 15.3. The predicted molar refractivity (Wildman–Crippen MR) is 72.4 cm³/mol. The molecule has 1 aromatic rings. The van der Waals surface area contributed by atoms with Gasteiger partial charge in [-0.15, -0.1) is 0 Å². The number of benzene rings is 1. The number of hydrogen-bond acceptors (Lipinski definition) is 4. The Morgan fingerprint density at radius 1 is 1.42 bits per heavy atom. The van der Waals surface area contributed by atoms with Crippen LogP contribution in [0.3, 0.4) is 0 Å². The molecular weight excluding hydrogens is 246 g/mol. The van der Waals surface area contributed by atoms with Gasteiger partial charge in [0.2, 0.25) is 0 Å². The zero-order valence-electron chi connectivity index (χ0n) is 11.6. The lowest BCUT2D eigenvalue weighted by Crippen LogP contribution is -2.28. The number of methoxy groups -OCH3 is 1. The third kappa shape index (κ3) is 4.44. The van der Waals surface area contributed by atoms with E-state index in [0.29, 0.717) is 25.3 Å². The highest BCUT2D eigenvalue weighted by Gasteiger charge is 2.25. The van der Waals surface area contributed by atoms with Crippen LogP contribution in [-0.2, 0) is 11.3 Å². The Balaban J connectivity index is 2.42. The maximum absolute atomic E-state index is 10.9. The van der Waals surface area contributed by atoms with Crippen LogP contribution in [-0.4, -0.2) is 29.8 Å². The van der Waals surface area contributed by atoms with Crippen molar-refractivity contribution in [2.75, 3.05) is 13.7 Å². The number of hydrogen-bond donors (Lipinski definition) is 3. The Labute approximate surface area is 113 Å². The number of carboxylic acid groups (broad SMARTS) is 1. The Morgan fingerprint density at radius 3 is 2.63 bits per heavy atom. The standard InChI is InChI=1S/C14H21NO4/c1-14(2,13(17)18)6-7-15-9-10-4-5-12(19-3)11(16)8-10/h4-5,8,15-16H,6-7,9H2,1-3H3,(H,17,18). The number of nitrogens with one attached hydrogen (secondary N) is 1. The molecule has 0 saturated carbocycles. The summed E-state index contributed by atoms with van der Waals surface area (Å²) in [5.74, 6) is -0.250. The van der Waals surface area contributed by atoms with Crippen LogP contribution in [0.15, 0.2) is 18.2 Å². The van der Waals surface area contributed by atoms with Crippen LogP contribution < -0.4 is 10.1 Å². The Kier molecular flexibility index (Phi) is 5.18. The Bertz CT molecular complexity index is 443. The van der Waals surface area contributed by atoms with Gasteiger partial charge < -0.3 is 20.3 Å². The summed E-state index contributed by atoms with van der Waals surface area (Å²) < 4.78 is 4.96. The van der Waals surface area contributed by atoms with Gasteiger partial charge in [0.15, 0.2) is 11.5 Å². The molecule has 5 nitrogen and oxygen atoms in total. The van der Waals surface area contributed by atoms with Gasteiger partial charge in [0, 0.05) is 6.54 Å². The average Bonchev–Trinajstić information content (AvgIpc) is 2.34. The van der Waals surface area contributed by atoms with Gasteiger partial charge in [-0.25, -0.2) is 0 Å². The first-order chi connectivity index (χ1) is 8.86. The quantitative estimate of drug-likeness (QED) is 0.658. The molecule has 0 aliphatic rings. The van der Waals surface area contributed by atoms with E-state index in [1.807, 2.05) is 6.07 Å². The number of carboxylic acids is 1. The predicted octanol–water partition coefficient (Wildman–Crippen LogP) is 1.99. The van der Waals surface area contributed by atoms with Gasteiger partial charge in [-0.3, -0.25) is 4.79 Å². The molecule has 0 aromatic heterocycles. The molecule has 0 bridgehead atoms. The van der Waals surface area contributed by atoms with Crippen LogP contribution in [0.2, 0.25) is 0 Å². The minimum Gasteiger partial charge on any atom is -0.504 e. The third-order valence-corrected chi connectivity index (χ3v) is 3.08. The van der Waals surface area contributed by atoms with Crippen molar-refractivity contribution in [3.63, 3.8) is 0 Å². The van der Waals surface area contributed by atoms with E-state index in [0.717, 1.165) is 5.56 Å². The highest BCUT2D eigenvalue weighted by atomic mass is 16.5. The summed E-state index contributed by atoms with van der Waals surface area (Å²) in [5, 5.41) is 21.8. The van der Waals surface area contributed by atoms with Crippen molar-refractivity contribution in [3.8, 4) is 11.5 Å². The van der Waals surface area contributed by atoms with Crippen LogP contribution >= 0.6 is 0 Å². The normalized spacial score (nSPS) is 11.3. The summed E-state index contributed by atoms with van der Waals surface area (Å²) in [5.41, 5.74) is 0.195. The molecule has 0 fully saturated rings. The van der Waals surface area contributed by atoms with E-state index in [2.05, 4.69) is 5.32 Å². The van der Waals surface area contributed by atoms with E-state index in [1.165, 1.54) is 7.11 Å². The van der Waals surface area contributed by atoms with Crippen molar-refractivity contribution in [1.29, 1.82) is 0 Å². The average molecular weight is 267 g/mol. The van der Waals surface area contributed by atoms with E-state index >= 15 is 0 Å². The molecular formula is C14H21NO4. The van der Waals surface area contributed by atoms with Gasteiger partial charge in [0.1, 0.15) is 0 Å². The van der Waals surface area contributed by atoms with Crippen LogP contribution in [0, 0.1) is 5.41 Å². The zero-order chi connectivity index (χ0) is 14.5. The largest absolute Gasteiger partial charge is 0.504 e.